The summed E-state index contributed by atoms with van der Waals surface area (Å²) < 4.78 is 10.1. The molecule has 1 heterocycles. The number of nitrogens with zero attached hydrogens (tertiary/aromatic N) is 2. The molecule has 0 radical (unpaired) electrons. The summed E-state index contributed by atoms with van der Waals surface area (Å²) in [7, 11) is 1.59. The Bertz CT molecular complexity index is 475. The highest BCUT2D eigenvalue weighted by Crippen LogP contribution is 2.21. The van der Waals surface area contributed by atoms with Crippen molar-refractivity contribution >= 4 is 11.8 Å². The van der Waals surface area contributed by atoms with Crippen LogP contribution in [0, 0.1) is 0 Å². The van der Waals surface area contributed by atoms with Gasteiger partial charge in [-0.1, -0.05) is 23.4 Å². The highest BCUT2D eigenvalue weighted by molar-refractivity contribution is 7.98. The van der Waals surface area contributed by atoms with Crippen LogP contribution in [-0.4, -0.2) is 23.9 Å². The first-order valence-electron chi connectivity index (χ1n) is 5.54. The zero-order chi connectivity index (χ0) is 12.8. The third-order valence-electron chi connectivity index (χ3n) is 2.27. The third kappa shape index (κ3) is 3.56. The number of rotatable bonds is 6. The van der Waals surface area contributed by atoms with Gasteiger partial charge in [-0.2, -0.15) is 4.98 Å². The zero-order valence-corrected chi connectivity index (χ0v) is 10.9. The quantitative estimate of drug-likeness (QED) is 0.805. The van der Waals surface area contributed by atoms with Crippen LogP contribution < -0.4 is 5.73 Å². The molecule has 1 aromatic heterocycles. The molecular formula is C12H15N3O2S. The van der Waals surface area contributed by atoms with Gasteiger partial charge in [-0.3, -0.25) is 0 Å². The van der Waals surface area contributed by atoms with E-state index in [0.717, 1.165) is 0 Å². The molecule has 2 N–H and O–H groups in total. The van der Waals surface area contributed by atoms with Crippen LogP contribution >= 0.6 is 11.8 Å². The van der Waals surface area contributed by atoms with Gasteiger partial charge < -0.3 is 15.0 Å². The predicted octanol–water partition coefficient (Wildman–Crippen LogP) is 2.01. The van der Waals surface area contributed by atoms with Gasteiger partial charge in [-0.05, 0) is 12.1 Å². The van der Waals surface area contributed by atoms with Gasteiger partial charge in [-0.15, -0.1) is 11.8 Å². The van der Waals surface area contributed by atoms with Gasteiger partial charge in [0.25, 0.3) is 0 Å². The molecule has 0 amide bonds. The van der Waals surface area contributed by atoms with Crippen LogP contribution in [0.15, 0.2) is 39.8 Å². The van der Waals surface area contributed by atoms with Crippen molar-refractivity contribution < 1.29 is 9.26 Å². The molecule has 1 atom stereocenters. The molecule has 2 rings (SSSR count). The summed E-state index contributed by atoms with van der Waals surface area (Å²) >= 11 is 1.64. The van der Waals surface area contributed by atoms with E-state index in [-0.39, 0.29) is 6.04 Å². The lowest BCUT2D eigenvalue weighted by Crippen LogP contribution is -2.17. The Morgan fingerprint density at radius 3 is 2.89 bits per heavy atom. The lowest BCUT2D eigenvalue weighted by atomic mass is 10.3. The van der Waals surface area contributed by atoms with Crippen LogP contribution in [0.1, 0.15) is 17.8 Å². The summed E-state index contributed by atoms with van der Waals surface area (Å²) in [5.74, 6) is 1.70. The van der Waals surface area contributed by atoms with E-state index in [1.807, 2.05) is 30.3 Å². The summed E-state index contributed by atoms with van der Waals surface area (Å²) in [6.07, 6.45) is 0. The van der Waals surface area contributed by atoms with Gasteiger partial charge >= 0.3 is 0 Å². The Labute approximate surface area is 110 Å². The highest BCUT2D eigenvalue weighted by Gasteiger charge is 2.13. The smallest absolute Gasteiger partial charge is 0.237 e. The van der Waals surface area contributed by atoms with E-state index in [2.05, 4.69) is 10.1 Å². The summed E-state index contributed by atoms with van der Waals surface area (Å²) in [5, 5.41) is 3.84. The van der Waals surface area contributed by atoms with Gasteiger partial charge in [0.15, 0.2) is 5.82 Å². The van der Waals surface area contributed by atoms with E-state index < -0.39 is 0 Å². The standard InChI is InChI=1S/C12H15N3O2S/c1-16-7-10(13)12-14-11(17-15-12)8-18-9-5-3-2-4-6-9/h2-6,10H,7-8,13H2,1H3. The molecule has 5 nitrogen and oxygen atoms in total. The molecule has 0 bridgehead atoms. The van der Waals surface area contributed by atoms with Crippen molar-refractivity contribution in [2.24, 2.45) is 5.73 Å². The largest absolute Gasteiger partial charge is 0.383 e. The van der Waals surface area contributed by atoms with Crippen LogP contribution in [0.2, 0.25) is 0 Å². The summed E-state index contributed by atoms with van der Waals surface area (Å²) in [6.45, 7) is 0.380. The molecule has 1 aromatic carbocycles. The van der Waals surface area contributed by atoms with Gasteiger partial charge in [-0.25, -0.2) is 0 Å². The minimum atomic E-state index is -0.339. The van der Waals surface area contributed by atoms with Crippen LogP contribution in [0.25, 0.3) is 0 Å². The van der Waals surface area contributed by atoms with E-state index in [9.17, 15) is 0 Å². The average Bonchev–Trinajstić information content (AvgIpc) is 2.87. The number of thioether (sulfide) groups is 1. The van der Waals surface area contributed by atoms with Crippen LogP contribution in [-0.2, 0) is 10.5 Å². The van der Waals surface area contributed by atoms with Gasteiger partial charge in [0.05, 0.1) is 18.4 Å². The minimum absolute atomic E-state index is 0.339. The number of methoxy groups -OCH3 is 1. The second kappa shape index (κ2) is 6.53. The monoisotopic (exact) mass is 265 g/mol. The fourth-order valence-corrected chi connectivity index (χ4v) is 2.15. The normalized spacial score (nSPS) is 12.6. The Morgan fingerprint density at radius 2 is 2.17 bits per heavy atom. The van der Waals surface area contributed by atoms with Crippen molar-refractivity contribution in [2.45, 2.75) is 16.7 Å². The Morgan fingerprint density at radius 1 is 1.39 bits per heavy atom. The SMILES string of the molecule is COCC(N)c1noc(CSc2ccccc2)n1. The van der Waals surface area contributed by atoms with Gasteiger partial charge in [0, 0.05) is 12.0 Å². The molecule has 0 aliphatic carbocycles. The number of hydrogen-bond donors (Lipinski definition) is 1. The van der Waals surface area contributed by atoms with Crippen molar-refractivity contribution in [3.63, 3.8) is 0 Å². The van der Waals surface area contributed by atoms with E-state index in [4.69, 9.17) is 15.0 Å². The molecule has 96 valence electrons. The first-order valence-corrected chi connectivity index (χ1v) is 6.53. The predicted molar refractivity (Wildman–Crippen MR) is 69.1 cm³/mol. The van der Waals surface area contributed by atoms with E-state index >= 15 is 0 Å². The number of aromatic nitrogens is 2. The summed E-state index contributed by atoms with van der Waals surface area (Å²) in [5.41, 5.74) is 5.81. The maximum atomic E-state index is 5.81. The van der Waals surface area contributed by atoms with E-state index in [1.165, 1.54) is 4.90 Å². The molecule has 1 unspecified atom stereocenters. The number of nitrogens with two attached hydrogens (primary N) is 1. The van der Waals surface area contributed by atoms with Crippen LogP contribution in [0.4, 0.5) is 0 Å². The van der Waals surface area contributed by atoms with Crippen molar-refractivity contribution in [1.29, 1.82) is 0 Å². The Hall–Kier alpha value is -1.37. The molecule has 0 saturated heterocycles. The molecular weight excluding hydrogens is 250 g/mol. The summed E-state index contributed by atoms with van der Waals surface area (Å²) in [6, 6.07) is 9.72. The number of hydrogen-bond acceptors (Lipinski definition) is 6. The Kier molecular flexibility index (Phi) is 4.74. The highest BCUT2D eigenvalue weighted by atomic mass is 32.2. The fraction of sp³-hybridized carbons (Fsp3) is 0.333. The zero-order valence-electron chi connectivity index (χ0n) is 10.1. The molecule has 2 aromatic rings. The maximum absolute atomic E-state index is 5.81. The summed E-state index contributed by atoms with van der Waals surface area (Å²) in [4.78, 5) is 5.41. The third-order valence-corrected chi connectivity index (χ3v) is 3.26. The minimum Gasteiger partial charge on any atom is -0.383 e. The molecule has 0 saturated carbocycles. The van der Waals surface area contributed by atoms with E-state index in [0.29, 0.717) is 24.1 Å². The Balaban J connectivity index is 1.91. The van der Waals surface area contributed by atoms with Gasteiger partial charge in [0.2, 0.25) is 5.89 Å². The topological polar surface area (TPSA) is 74.2 Å². The van der Waals surface area contributed by atoms with Crippen LogP contribution in [0.5, 0.6) is 0 Å². The van der Waals surface area contributed by atoms with Crippen molar-refractivity contribution in [3.8, 4) is 0 Å². The van der Waals surface area contributed by atoms with Crippen molar-refractivity contribution in [2.75, 3.05) is 13.7 Å². The van der Waals surface area contributed by atoms with E-state index in [1.54, 1.807) is 18.9 Å². The van der Waals surface area contributed by atoms with Crippen molar-refractivity contribution in [1.82, 2.24) is 10.1 Å². The lowest BCUT2D eigenvalue weighted by molar-refractivity contribution is 0.177. The molecule has 0 aliphatic heterocycles. The second-order valence-corrected chi connectivity index (χ2v) is 4.76. The molecule has 0 aliphatic rings. The first-order chi connectivity index (χ1) is 8.79. The molecule has 6 heteroatoms. The first kappa shape index (κ1) is 13.1. The fourth-order valence-electron chi connectivity index (χ4n) is 1.39. The maximum Gasteiger partial charge on any atom is 0.237 e. The molecule has 0 spiro atoms. The molecule has 0 fully saturated rings. The number of ether oxygens (including phenoxy) is 1. The van der Waals surface area contributed by atoms with Crippen molar-refractivity contribution in [3.05, 3.63) is 42.0 Å². The van der Waals surface area contributed by atoms with Gasteiger partial charge in [0.1, 0.15) is 0 Å². The lowest BCUT2D eigenvalue weighted by Gasteiger charge is -2.03. The number of benzene rings is 1. The second-order valence-electron chi connectivity index (χ2n) is 3.71. The average molecular weight is 265 g/mol. The van der Waals surface area contributed by atoms with Crippen LogP contribution in [0.3, 0.4) is 0 Å². The molecule has 18 heavy (non-hydrogen) atoms.